The topological polar surface area (TPSA) is 12.0 Å². The Labute approximate surface area is 99.4 Å². The molecule has 1 nitrogen and oxygen atoms in total. The van der Waals surface area contributed by atoms with Crippen LogP contribution in [0.3, 0.4) is 0 Å². The summed E-state index contributed by atoms with van der Waals surface area (Å²) >= 11 is 1.48. The third-order valence-corrected chi connectivity index (χ3v) is 2.86. The molecule has 17 heavy (non-hydrogen) atoms. The van der Waals surface area contributed by atoms with Crippen LogP contribution in [-0.2, 0) is 0 Å². The number of hydrogen-bond donors (Lipinski definition) is 1. The smallest absolute Gasteiger partial charge is 0.200 e. The van der Waals surface area contributed by atoms with Crippen LogP contribution in [0.1, 0.15) is 6.92 Å². The molecular formula is C10H10F5NS. The molecule has 1 aromatic carbocycles. The zero-order valence-corrected chi connectivity index (χ0v) is 9.74. The van der Waals surface area contributed by atoms with Crippen molar-refractivity contribution < 1.29 is 22.0 Å². The molecule has 0 saturated heterocycles. The van der Waals surface area contributed by atoms with Gasteiger partial charge < -0.3 is 5.32 Å². The Morgan fingerprint density at radius 3 is 1.82 bits per heavy atom. The van der Waals surface area contributed by atoms with Gasteiger partial charge >= 0.3 is 0 Å². The Morgan fingerprint density at radius 2 is 1.35 bits per heavy atom. The van der Waals surface area contributed by atoms with Gasteiger partial charge in [0.15, 0.2) is 23.3 Å². The van der Waals surface area contributed by atoms with Crippen LogP contribution in [0.25, 0.3) is 0 Å². The van der Waals surface area contributed by atoms with Crippen LogP contribution in [0.15, 0.2) is 0 Å². The molecule has 0 bridgehead atoms. The predicted octanol–water partition coefficient (Wildman–Crippen LogP) is 3.55. The Morgan fingerprint density at radius 1 is 0.882 bits per heavy atom. The van der Waals surface area contributed by atoms with E-state index in [1.165, 1.54) is 11.8 Å². The Hall–Kier alpha value is -0.980. The van der Waals surface area contributed by atoms with E-state index in [0.29, 0.717) is 5.75 Å². The monoisotopic (exact) mass is 271 g/mol. The molecule has 1 N–H and O–H groups in total. The highest BCUT2D eigenvalue weighted by molar-refractivity contribution is 7.99. The third kappa shape index (κ3) is 3.02. The van der Waals surface area contributed by atoms with Crippen molar-refractivity contribution >= 4 is 17.4 Å². The lowest BCUT2D eigenvalue weighted by Gasteiger charge is -2.10. The molecule has 0 radical (unpaired) electrons. The summed E-state index contributed by atoms with van der Waals surface area (Å²) in [7, 11) is 0. The molecule has 0 spiro atoms. The average molecular weight is 271 g/mol. The van der Waals surface area contributed by atoms with Crippen molar-refractivity contribution in [1.82, 2.24) is 0 Å². The molecule has 0 aliphatic rings. The molecule has 0 unspecified atom stereocenters. The van der Waals surface area contributed by atoms with Crippen LogP contribution in [0.4, 0.5) is 27.6 Å². The summed E-state index contributed by atoms with van der Waals surface area (Å²) in [6.45, 7) is 2.01. The van der Waals surface area contributed by atoms with Crippen LogP contribution in [-0.4, -0.2) is 18.1 Å². The van der Waals surface area contributed by atoms with E-state index in [9.17, 15) is 22.0 Å². The first kappa shape index (κ1) is 14.1. The number of halogens is 5. The molecule has 1 aromatic rings. The molecule has 0 aromatic heterocycles. The van der Waals surface area contributed by atoms with Crippen molar-refractivity contribution in [3.63, 3.8) is 0 Å². The standard InChI is InChI=1S/C10H10F5NS/c1-2-17-4-3-16-10-8(14)6(12)5(11)7(13)9(10)15/h16H,2-4H2,1H3. The Bertz CT molecular complexity index is 381. The van der Waals surface area contributed by atoms with E-state index < -0.39 is 34.8 Å². The van der Waals surface area contributed by atoms with Gasteiger partial charge in [0.1, 0.15) is 5.69 Å². The predicted molar refractivity (Wildman–Crippen MR) is 57.7 cm³/mol. The average Bonchev–Trinajstić information content (AvgIpc) is 2.33. The van der Waals surface area contributed by atoms with Gasteiger partial charge in [-0.1, -0.05) is 6.92 Å². The van der Waals surface area contributed by atoms with Crippen molar-refractivity contribution in [2.45, 2.75) is 6.92 Å². The van der Waals surface area contributed by atoms with E-state index in [2.05, 4.69) is 5.32 Å². The Kier molecular flexibility index (Phi) is 5.04. The highest BCUT2D eigenvalue weighted by atomic mass is 32.2. The minimum atomic E-state index is -2.14. The molecule has 0 fully saturated rings. The minimum absolute atomic E-state index is 0.122. The SMILES string of the molecule is CCSCCNc1c(F)c(F)c(F)c(F)c1F. The third-order valence-electron chi connectivity index (χ3n) is 1.96. The van der Waals surface area contributed by atoms with Gasteiger partial charge in [-0.05, 0) is 5.75 Å². The Balaban J connectivity index is 2.92. The molecule has 0 atom stereocenters. The van der Waals surface area contributed by atoms with E-state index in [1.807, 2.05) is 6.92 Å². The van der Waals surface area contributed by atoms with Crippen LogP contribution in [0.2, 0.25) is 0 Å². The van der Waals surface area contributed by atoms with Gasteiger partial charge in [-0.2, -0.15) is 11.8 Å². The van der Waals surface area contributed by atoms with Gasteiger partial charge in [-0.3, -0.25) is 0 Å². The van der Waals surface area contributed by atoms with Crippen molar-refractivity contribution in [3.8, 4) is 0 Å². The highest BCUT2D eigenvalue weighted by Gasteiger charge is 2.25. The molecule has 1 rings (SSSR count). The molecule has 0 heterocycles. The lowest BCUT2D eigenvalue weighted by molar-refractivity contribution is 0.381. The second kappa shape index (κ2) is 6.09. The number of nitrogens with one attached hydrogen (secondary N) is 1. The first-order valence-corrected chi connectivity index (χ1v) is 5.99. The summed E-state index contributed by atoms with van der Waals surface area (Å²) in [5.41, 5.74) is -0.974. The maximum Gasteiger partial charge on any atom is 0.200 e. The fourth-order valence-electron chi connectivity index (χ4n) is 1.15. The van der Waals surface area contributed by atoms with Crippen LogP contribution in [0.5, 0.6) is 0 Å². The van der Waals surface area contributed by atoms with E-state index in [4.69, 9.17) is 0 Å². The summed E-state index contributed by atoms with van der Waals surface area (Å²) in [6.07, 6.45) is 0. The number of thioether (sulfide) groups is 1. The van der Waals surface area contributed by atoms with Gasteiger partial charge in [0.05, 0.1) is 0 Å². The van der Waals surface area contributed by atoms with Crippen molar-refractivity contribution in [2.75, 3.05) is 23.4 Å². The van der Waals surface area contributed by atoms with E-state index in [0.717, 1.165) is 5.75 Å². The van der Waals surface area contributed by atoms with E-state index in [-0.39, 0.29) is 6.54 Å². The lowest BCUT2D eigenvalue weighted by Crippen LogP contribution is -2.12. The molecule has 7 heteroatoms. The maximum atomic E-state index is 13.1. The second-order valence-corrected chi connectivity index (χ2v) is 4.46. The van der Waals surface area contributed by atoms with E-state index >= 15 is 0 Å². The normalized spacial score (nSPS) is 10.7. The van der Waals surface area contributed by atoms with Crippen LogP contribution < -0.4 is 5.32 Å². The van der Waals surface area contributed by atoms with Crippen LogP contribution >= 0.6 is 11.8 Å². The lowest BCUT2D eigenvalue weighted by atomic mass is 10.2. The summed E-state index contributed by atoms with van der Waals surface area (Å²) < 4.78 is 64.5. The summed E-state index contributed by atoms with van der Waals surface area (Å²) in [5.74, 6) is -8.36. The zero-order chi connectivity index (χ0) is 13.0. The van der Waals surface area contributed by atoms with Gasteiger partial charge in [-0.25, -0.2) is 22.0 Å². The quantitative estimate of drug-likeness (QED) is 0.380. The van der Waals surface area contributed by atoms with Gasteiger partial charge in [0, 0.05) is 12.3 Å². The highest BCUT2D eigenvalue weighted by Crippen LogP contribution is 2.26. The molecular weight excluding hydrogens is 261 g/mol. The van der Waals surface area contributed by atoms with Gasteiger partial charge in [0.25, 0.3) is 0 Å². The molecule has 0 aliphatic carbocycles. The minimum Gasteiger partial charge on any atom is -0.379 e. The molecule has 0 amide bonds. The van der Waals surface area contributed by atoms with Crippen LogP contribution in [0, 0.1) is 29.1 Å². The molecule has 0 aliphatic heterocycles. The fourth-order valence-corrected chi connectivity index (χ4v) is 1.69. The van der Waals surface area contributed by atoms with Gasteiger partial charge in [-0.15, -0.1) is 0 Å². The van der Waals surface area contributed by atoms with E-state index in [1.54, 1.807) is 0 Å². The number of benzene rings is 1. The first-order chi connectivity index (χ1) is 8.00. The van der Waals surface area contributed by atoms with Crippen molar-refractivity contribution in [1.29, 1.82) is 0 Å². The molecule has 0 saturated carbocycles. The summed E-state index contributed by atoms with van der Waals surface area (Å²) in [6, 6.07) is 0. The second-order valence-electron chi connectivity index (χ2n) is 3.07. The summed E-state index contributed by atoms with van der Waals surface area (Å²) in [5, 5.41) is 2.21. The molecule has 96 valence electrons. The van der Waals surface area contributed by atoms with Gasteiger partial charge in [0.2, 0.25) is 5.82 Å². The fraction of sp³-hybridized carbons (Fsp3) is 0.400. The number of hydrogen-bond acceptors (Lipinski definition) is 2. The largest absolute Gasteiger partial charge is 0.379 e. The van der Waals surface area contributed by atoms with Crippen molar-refractivity contribution in [3.05, 3.63) is 29.1 Å². The summed E-state index contributed by atoms with van der Waals surface area (Å²) in [4.78, 5) is 0. The number of rotatable bonds is 5. The maximum absolute atomic E-state index is 13.1. The zero-order valence-electron chi connectivity index (χ0n) is 8.92. The first-order valence-electron chi connectivity index (χ1n) is 4.83. The number of anilines is 1. The van der Waals surface area contributed by atoms with Crippen molar-refractivity contribution in [2.24, 2.45) is 0 Å².